The van der Waals surface area contributed by atoms with Crippen molar-refractivity contribution in [3.05, 3.63) is 71.9 Å². The standard InChI is InChI=1S/C50H77N17O9/c1-29(68)61-35(19-11-23-58-49(53)54)43(71)67-40-27-41(69)57-22-10-8-17-34(42(52)70)62-47(75)39(26-31-28-60-33-16-6-5-15-32(31)33)66-45(73)37(20-12-24-59-50(55)56)64-46(74)38(25-30-13-3-2-4-14-30)65-44(72)36(63-48(40)76)18-7-9-21-51/h2-6,13-16,28,34-40,45,60,66,73H,7-12,17-27,51H2,1H3,(H2,52,70)(H,57,69)(H,61,68)(H,62,75)(H,63,76)(H,64,74)(H,65,72)(H,67,71)(H4,53,54,58)(H4,55,56,59). The van der Waals surface area contributed by atoms with Gasteiger partial charge in [-0.05, 0) is 94.4 Å². The fourth-order valence-corrected chi connectivity index (χ4v) is 8.56. The van der Waals surface area contributed by atoms with Crippen molar-refractivity contribution in [2.45, 2.75) is 139 Å². The largest absolute Gasteiger partial charge is 0.376 e. The zero-order valence-corrected chi connectivity index (χ0v) is 43.0. The number of primary amides is 1. The van der Waals surface area contributed by atoms with E-state index in [2.05, 4.69) is 57.5 Å². The molecule has 416 valence electrons. The molecule has 1 aromatic heterocycles. The topological polar surface area (TPSA) is 450 Å². The number of aromatic nitrogens is 1. The molecule has 3 aromatic rings. The van der Waals surface area contributed by atoms with E-state index in [1.165, 1.54) is 6.92 Å². The fourth-order valence-electron chi connectivity index (χ4n) is 8.56. The van der Waals surface area contributed by atoms with Crippen molar-refractivity contribution < 1.29 is 43.5 Å². The van der Waals surface area contributed by atoms with Gasteiger partial charge in [0, 0.05) is 50.1 Å². The van der Waals surface area contributed by atoms with Crippen molar-refractivity contribution in [2.75, 3.05) is 26.2 Å². The monoisotopic (exact) mass is 1060 g/mol. The van der Waals surface area contributed by atoms with Crippen LogP contribution in [0, 0.1) is 0 Å². The molecule has 8 amide bonds. The van der Waals surface area contributed by atoms with Crippen LogP contribution < -0.4 is 76.9 Å². The second-order valence-electron chi connectivity index (χ2n) is 18.7. The minimum absolute atomic E-state index is 0.00217. The summed E-state index contributed by atoms with van der Waals surface area (Å²) in [5.74, 6) is -6.43. The molecule has 0 aliphatic carbocycles. The summed E-state index contributed by atoms with van der Waals surface area (Å²) in [4.78, 5) is 122. The van der Waals surface area contributed by atoms with Crippen molar-refractivity contribution in [3.63, 3.8) is 0 Å². The summed E-state index contributed by atoms with van der Waals surface area (Å²) < 4.78 is 0. The highest BCUT2D eigenvalue weighted by atomic mass is 16.3. The van der Waals surface area contributed by atoms with Crippen LogP contribution in [0.15, 0.2) is 70.8 Å². The lowest BCUT2D eigenvalue weighted by molar-refractivity contribution is -0.136. The Bertz CT molecular complexity index is 2460. The first-order valence-electron chi connectivity index (χ1n) is 25.5. The minimum atomic E-state index is -1.65. The maximum absolute atomic E-state index is 14.7. The van der Waals surface area contributed by atoms with Crippen molar-refractivity contribution in [3.8, 4) is 0 Å². The summed E-state index contributed by atoms with van der Waals surface area (Å²) in [7, 11) is 0. The maximum atomic E-state index is 14.7. The van der Waals surface area contributed by atoms with E-state index in [1.54, 1.807) is 36.5 Å². The molecule has 0 radical (unpaired) electrons. The first kappa shape index (κ1) is 60.7. The predicted octanol–water partition coefficient (Wildman–Crippen LogP) is -3.43. The number of aliphatic hydroxyl groups excluding tert-OH is 1. The highest BCUT2D eigenvalue weighted by molar-refractivity contribution is 5.97. The van der Waals surface area contributed by atoms with E-state index in [4.69, 9.17) is 34.4 Å². The number of hydrogen-bond donors (Lipinski definition) is 16. The molecule has 22 N–H and O–H groups in total. The number of H-pyrrole nitrogens is 1. The number of aliphatic imine (C=N–C) groups is 2. The summed E-state index contributed by atoms with van der Waals surface area (Å²) in [5, 5.41) is 34.8. The highest BCUT2D eigenvalue weighted by Gasteiger charge is 2.35. The normalized spacial score (nSPS) is 22.0. The fraction of sp³-hybridized carbons (Fsp3) is 0.520. The van der Waals surface area contributed by atoms with Gasteiger partial charge in [-0.25, -0.2) is 0 Å². The van der Waals surface area contributed by atoms with Crippen LogP contribution in [0.1, 0.15) is 88.7 Å². The lowest BCUT2D eigenvalue weighted by atomic mass is 10.0. The third kappa shape index (κ3) is 21.2. The van der Waals surface area contributed by atoms with Crippen LogP contribution in [0.3, 0.4) is 0 Å². The molecule has 8 atom stereocenters. The maximum Gasteiger partial charge on any atom is 0.243 e. The van der Waals surface area contributed by atoms with Gasteiger partial charge in [0.1, 0.15) is 36.4 Å². The Morgan fingerprint density at radius 1 is 0.737 bits per heavy atom. The Balaban J connectivity index is 1.78. The lowest BCUT2D eigenvalue weighted by Gasteiger charge is -2.31. The van der Waals surface area contributed by atoms with Gasteiger partial charge in [-0.15, -0.1) is 0 Å². The molecule has 2 heterocycles. The quantitative estimate of drug-likeness (QED) is 0.0298. The SMILES string of the molecule is CC(=O)NC(CCCN=C(N)N)C(=O)NC1CC(=O)NCCCCC(C(N)=O)NC(=O)C(Cc2c[nH]c3ccccc23)NC(O)C(CCCN=C(N)N)NC(=O)C(Cc2ccccc2)NC(=O)C(CCCCN)NC1=O. The molecule has 26 nitrogen and oxygen atoms in total. The van der Waals surface area contributed by atoms with E-state index in [0.717, 1.165) is 10.9 Å². The van der Waals surface area contributed by atoms with Crippen molar-refractivity contribution in [2.24, 2.45) is 44.4 Å². The Hall–Kier alpha value is -7.84. The zero-order chi connectivity index (χ0) is 55.6. The van der Waals surface area contributed by atoms with Crippen LogP contribution in [-0.2, 0) is 51.2 Å². The molecule has 26 heteroatoms. The number of aliphatic hydroxyl groups is 1. The van der Waals surface area contributed by atoms with Gasteiger partial charge >= 0.3 is 0 Å². The van der Waals surface area contributed by atoms with Crippen molar-refractivity contribution in [1.29, 1.82) is 0 Å². The number of nitrogens with two attached hydrogens (primary N) is 6. The van der Waals surface area contributed by atoms with Crippen molar-refractivity contribution >= 4 is 70.1 Å². The van der Waals surface area contributed by atoms with Gasteiger partial charge in [-0.1, -0.05) is 48.5 Å². The van der Waals surface area contributed by atoms with E-state index in [9.17, 15) is 43.5 Å². The smallest absolute Gasteiger partial charge is 0.243 e. The number of rotatable bonds is 20. The molecule has 1 saturated heterocycles. The minimum Gasteiger partial charge on any atom is -0.376 e. The summed E-state index contributed by atoms with van der Waals surface area (Å²) in [6, 6.07) is 7.10. The Labute approximate surface area is 441 Å². The molecule has 0 saturated carbocycles. The average molecular weight is 1060 g/mol. The molecular weight excluding hydrogens is 983 g/mol. The number of carbonyl (C=O) groups excluding carboxylic acids is 8. The highest BCUT2D eigenvalue weighted by Crippen LogP contribution is 2.20. The lowest BCUT2D eigenvalue weighted by Crippen LogP contribution is -2.61. The van der Waals surface area contributed by atoms with Crippen LogP contribution >= 0.6 is 0 Å². The average Bonchev–Trinajstić information content (AvgIpc) is 3.78. The summed E-state index contributed by atoms with van der Waals surface area (Å²) in [6.07, 6.45) is 1.34. The summed E-state index contributed by atoms with van der Waals surface area (Å²) in [6.45, 7) is 1.72. The first-order chi connectivity index (χ1) is 36.3. The number of nitrogens with zero attached hydrogens (tertiary/aromatic N) is 2. The first-order valence-corrected chi connectivity index (χ1v) is 25.5. The number of unbranched alkanes of at least 4 members (excludes halogenated alkanes) is 1. The molecule has 1 aliphatic heterocycles. The molecule has 76 heavy (non-hydrogen) atoms. The van der Waals surface area contributed by atoms with E-state index >= 15 is 0 Å². The number of benzene rings is 2. The second-order valence-corrected chi connectivity index (χ2v) is 18.7. The number of nitrogens with one attached hydrogen (secondary N) is 9. The predicted molar refractivity (Wildman–Crippen MR) is 286 cm³/mol. The number of aromatic amines is 1. The summed E-state index contributed by atoms with van der Waals surface area (Å²) >= 11 is 0. The zero-order valence-electron chi connectivity index (χ0n) is 43.0. The third-order valence-corrected chi connectivity index (χ3v) is 12.5. The van der Waals surface area contributed by atoms with Crippen LogP contribution in [0.4, 0.5) is 0 Å². The van der Waals surface area contributed by atoms with Gasteiger partial charge in [-0.2, -0.15) is 0 Å². The molecule has 4 rings (SSSR count). The second kappa shape index (κ2) is 31.8. The third-order valence-electron chi connectivity index (χ3n) is 12.5. The molecule has 8 unspecified atom stereocenters. The van der Waals surface area contributed by atoms with Gasteiger partial charge in [0.05, 0.1) is 18.5 Å². The Morgan fingerprint density at radius 2 is 1.39 bits per heavy atom. The van der Waals surface area contributed by atoms with Crippen LogP contribution in [0.5, 0.6) is 0 Å². The van der Waals surface area contributed by atoms with E-state index in [0.29, 0.717) is 24.0 Å². The molecule has 0 bridgehead atoms. The number of guanidine groups is 2. The molecule has 2 aromatic carbocycles. The van der Waals surface area contributed by atoms with Crippen molar-refractivity contribution in [1.82, 2.24) is 47.5 Å². The van der Waals surface area contributed by atoms with Gasteiger partial charge in [0.15, 0.2) is 11.9 Å². The van der Waals surface area contributed by atoms with E-state index in [-0.39, 0.29) is 102 Å². The number of amides is 8. The van der Waals surface area contributed by atoms with E-state index in [1.807, 2.05) is 24.3 Å². The number of hydrogen-bond acceptors (Lipinski definition) is 13. The van der Waals surface area contributed by atoms with Crippen LogP contribution in [0.2, 0.25) is 0 Å². The molecule has 1 aliphatic rings. The molecule has 0 spiro atoms. The van der Waals surface area contributed by atoms with Crippen LogP contribution in [-0.4, -0.2) is 144 Å². The van der Waals surface area contributed by atoms with Gasteiger partial charge in [0.2, 0.25) is 47.3 Å². The number of carbonyl (C=O) groups is 8. The Kier molecular flexibility index (Phi) is 25.4. The van der Waals surface area contributed by atoms with Gasteiger partial charge in [-0.3, -0.25) is 53.7 Å². The molecule has 1 fully saturated rings. The number of para-hydroxylation sites is 1. The van der Waals surface area contributed by atoms with Gasteiger partial charge < -0.3 is 81.7 Å². The molecular formula is C50H77N17O9. The number of fused-ring (bicyclic) bond motifs is 1. The van der Waals surface area contributed by atoms with Gasteiger partial charge in [0.25, 0.3) is 0 Å². The van der Waals surface area contributed by atoms with E-state index < -0.39 is 102 Å². The Morgan fingerprint density at radius 3 is 2.08 bits per heavy atom. The van der Waals surface area contributed by atoms with Crippen LogP contribution in [0.25, 0.3) is 10.9 Å². The summed E-state index contributed by atoms with van der Waals surface area (Å²) in [5.41, 5.74) is 35.8.